The molecule has 126 valence electrons. The summed E-state index contributed by atoms with van der Waals surface area (Å²) >= 11 is 5.82. The van der Waals surface area contributed by atoms with Crippen LogP contribution in [0.5, 0.6) is 0 Å². The van der Waals surface area contributed by atoms with E-state index in [2.05, 4.69) is 15.5 Å². The normalized spacial score (nSPS) is 20.0. The highest BCUT2D eigenvalue weighted by Crippen LogP contribution is 2.21. The SMILES string of the molecule is O=C(NCc1nc(-c2ccc(Cl)cc2)no1)[C@@H]1CC[C@H](C(=O)O)O1. The summed E-state index contributed by atoms with van der Waals surface area (Å²) in [5.74, 6) is -0.833. The number of nitrogens with one attached hydrogen (secondary N) is 1. The zero-order valence-electron chi connectivity index (χ0n) is 12.4. The average Bonchev–Trinajstić information content (AvgIpc) is 3.23. The van der Waals surface area contributed by atoms with Crippen molar-refractivity contribution in [2.45, 2.75) is 31.6 Å². The Balaban J connectivity index is 1.55. The van der Waals surface area contributed by atoms with Crippen molar-refractivity contribution in [3.63, 3.8) is 0 Å². The van der Waals surface area contributed by atoms with Crippen LogP contribution in [-0.2, 0) is 20.9 Å². The monoisotopic (exact) mass is 351 g/mol. The second-order valence-corrected chi connectivity index (χ2v) is 5.70. The van der Waals surface area contributed by atoms with Crippen molar-refractivity contribution in [2.75, 3.05) is 0 Å². The molecule has 3 rings (SSSR count). The summed E-state index contributed by atoms with van der Waals surface area (Å²) in [6.07, 6.45) is -1.03. The Morgan fingerprint density at radius 3 is 2.62 bits per heavy atom. The quantitative estimate of drug-likeness (QED) is 0.841. The number of carboxylic acids is 1. The van der Waals surface area contributed by atoms with Crippen LogP contribution in [0.2, 0.25) is 5.02 Å². The van der Waals surface area contributed by atoms with E-state index >= 15 is 0 Å². The topological polar surface area (TPSA) is 115 Å². The predicted molar refractivity (Wildman–Crippen MR) is 82.1 cm³/mol. The van der Waals surface area contributed by atoms with Gasteiger partial charge in [-0.15, -0.1) is 0 Å². The van der Waals surface area contributed by atoms with Crippen molar-refractivity contribution >= 4 is 23.5 Å². The zero-order valence-corrected chi connectivity index (χ0v) is 13.2. The average molecular weight is 352 g/mol. The minimum atomic E-state index is -1.06. The first-order valence-corrected chi connectivity index (χ1v) is 7.65. The molecule has 1 aromatic heterocycles. The fraction of sp³-hybridized carbons (Fsp3) is 0.333. The Bertz CT molecular complexity index is 746. The molecule has 1 saturated heterocycles. The van der Waals surface area contributed by atoms with E-state index in [1.54, 1.807) is 24.3 Å². The standard InChI is InChI=1S/C15H14ClN3O5/c16-9-3-1-8(2-4-9)13-18-12(24-19-13)7-17-14(20)10-5-6-11(23-10)15(21)22/h1-4,10-11H,5-7H2,(H,17,20)(H,21,22)/t10-,11+/m0/s1. The van der Waals surface area contributed by atoms with Gasteiger partial charge in [0.25, 0.3) is 0 Å². The molecule has 1 amide bonds. The molecule has 2 N–H and O–H groups in total. The van der Waals surface area contributed by atoms with Gasteiger partial charge >= 0.3 is 5.97 Å². The van der Waals surface area contributed by atoms with Crippen molar-refractivity contribution in [3.8, 4) is 11.4 Å². The number of carbonyl (C=O) groups is 2. The van der Waals surface area contributed by atoms with Crippen LogP contribution < -0.4 is 5.32 Å². The predicted octanol–water partition coefficient (Wildman–Crippen LogP) is 1.64. The van der Waals surface area contributed by atoms with Gasteiger partial charge in [0.15, 0.2) is 6.10 Å². The molecule has 2 aromatic rings. The molecular weight excluding hydrogens is 338 g/mol. The Morgan fingerprint density at radius 1 is 1.25 bits per heavy atom. The molecule has 1 aliphatic heterocycles. The molecule has 0 spiro atoms. The maximum atomic E-state index is 12.0. The lowest BCUT2D eigenvalue weighted by molar-refractivity contribution is -0.151. The van der Waals surface area contributed by atoms with Gasteiger partial charge in [-0.3, -0.25) is 4.79 Å². The number of carbonyl (C=O) groups excluding carboxylic acids is 1. The van der Waals surface area contributed by atoms with Crippen molar-refractivity contribution in [3.05, 3.63) is 35.2 Å². The molecule has 0 aliphatic carbocycles. The number of aliphatic carboxylic acids is 1. The van der Waals surface area contributed by atoms with Gasteiger partial charge in [-0.2, -0.15) is 4.98 Å². The molecule has 9 heteroatoms. The van der Waals surface area contributed by atoms with Gasteiger partial charge in [-0.05, 0) is 37.1 Å². The minimum Gasteiger partial charge on any atom is -0.479 e. The van der Waals surface area contributed by atoms with Gasteiger partial charge in [0.2, 0.25) is 17.6 Å². The molecule has 2 heterocycles. The van der Waals surface area contributed by atoms with E-state index in [1.807, 2.05) is 0 Å². The maximum absolute atomic E-state index is 12.0. The molecule has 0 radical (unpaired) electrons. The van der Waals surface area contributed by atoms with Gasteiger partial charge in [-0.1, -0.05) is 16.8 Å². The van der Waals surface area contributed by atoms with E-state index < -0.39 is 24.1 Å². The number of rotatable bonds is 5. The van der Waals surface area contributed by atoms with E-state index in [9.17, 15) is 9.59 Å². The summed E-state index contributed by atoms with van der Waals surface area (Å²) in [5, 5.41) is 15.9. The van der Waals surface area contributed by atoms with E-state index in [4.69, 9.17) is 26.0 Å². The summed E-state index contributed by atoms with van der Waals surface area (Å²) in [6, 6.07) is 6.94. The van der Waals surface area contributed by atoms with Crippen molar-refractivity contribution in [2.24, 2.45) is 0 Å². The Morgan fingerprint density at radius 2 is 1.96 bits per heavy atom. The second-order valence-electron chi connectivity index (χ2n) is 5.27. The Hall–Kier alpha value is -2.45. The first-order chi connectivity index (χ1) is 11.5. The van der Waals surface area contributed by atoms with Gasteiger partial charge in [0.1, 0.15) is 6.10 Å². The third kappa shape index (κ3) is 3.72. The van der Waals surface area contributed by atoms with Crippen LogP contribution in [0.4, 0.5) is 0 Å². The lowest BCUT2D eigenvalue weighted by Gasteiger charge is -2.10. The van der Waals surface area contributed by atoms with Crippen molar-refractivity contribution in [1.29, 1.82) is 0 Å². The third-order valence-corrected chi connectivity index (χ3v) is 3.82. The minimum absolute atomic E-state index is 0.0387. The molecule has 1 aliphatic rings. The smallest absolute Gasteiger partial charge is 0.332 e. The lowest BCUT2D eigenvalue weighted by atomic mass is 10.2. The number of hydrogen-bond donors (Lipinski definition) is 2. The summed E-state index contributed by atoms with van der Waals surface area (Å²) in [5.41, 5.74) is 0.740. The largest absolute Gasteiger partial charge is 0.479 e. The van der Waals surface area contributed by atoms with E-state index in [0.717, 1.165) is 5.56 Å². The first kappa shape index (κ1) is 16.4. The first-order valence-electron chi connectivity index (χ1n) is 7.27. The number of hydrogen-bond acceptors (Lipinski definition) is 6. The highest BCUT2D eigenvalue weighted by molar-refractivity contribution is 6.30. The van der Waals surface area contributed by atoms with Crippen molar-refractivity contribution < 1.29 is 24.0 Å². The molecule has 0 bridgehead atoms. The van der Waals surface area contributed by atoms with Gasteiger partial charge in [0, 0.05) is 10.6 Å². The van der Waals surface area contributed by atoms with Crippen LogP contribution >= 0.6 is 11.6 Å². The molecule has 0 saturated carbocycles. The van der Waals surface area contributed by atoms with Crippen LogP contribution in [0.15, 0.2) is 28.8 Å². The molecule has 2 atom stereocenters. The van der Waals surface area contributed by atoms with Crippen LogP contribution in [0.3, 0.4) is 0 Å². The molecule has 0 unspecified atom stereocenters. The zero-order chi connectivity index (χ0) is 17.1. The number of carboxylic acid groups (broad SMARTS) is 1. The number of nitrogens with zero attached hydrogens (tertiary/aromatic N) is 2. The van der Waals surface area contributed by atoms with Crippen LogP contribution in [0.25, 0.3) is 11.4 Å². The highest BCUT2D eigenvalue weighted by atomic mass is 35.5. The molecule has 24 heavy (non-hydrogen) atoms. The van der Waals surface area contributed by atoms with Crippen LogP contribution in [0, 0.1) is 0 Å². The highest BCUT2D eigenvalue weighted by Gasteiger charge is 2.34. The Kier molecular flexibility index (Phi) is 4.77. The van der Waals surface area contributed by atoms with E-state index in [1.165, 1.54) is 0 Å². The lowest BCUT2D eigenvalue weighted by Crippen LogP contribution is -2.35. The summed E-state index contributed by atoms with van der Waals surface area (Å²) in [4.78, 5) is 27.0. The number of halogens is 1. The summed E-state index contributed by atoms with van der Waals surface area (Å²) < 4.78 is 10.2. The number of ether oxygens (including phenoxy) is 1. The van der Waals surface area contributed by atoms with Crippen LogP contribution in [-0.4, -0.2) is 39.3 Å². The van der Waals surface area contributed by atoms with E-state index in [0.29, 0.717) is 23.7 Å². The number of amides is 1. The Labute approximate surface area is 141 Å². The maximum Gasteiger partial charge on any atom is 0.332 e. The fourth-order valence-electron chi connectivity index (χ4n) is 2.33. The van der Waals surface area contributed by atoms with Gasteiger partial charge < -0.3 is 19.7 Å². The second kappa shape index (κ2) is 6.98. The molecule has 1 aromatic carbocycles. The molecular formula is C15H14ClN3O5. The molecule has 8 nitrogen and oxygen atoms in total. The fourth-order valence-corrected chi connectivity index (χ4v) is 2.46. The summed E-state index contributed by atoms with van der Waals surface area (Å²) in [6.45, 7) is 0.0387. The number of benzene rings is 1. The third-order valence-electron chi connectivity index (χ3n) is 3.57. The van der Waals surface area contributed by atoms with Crippen LogP contribution in [0.1, 0.15) is 18.7 Å². The number of aromatic nitrogens is 2. The van der Waals surface area contributed by atoms with E-state index in [-0.39, 0.29) is 12.4 Å². The van der Waals surface area contributed by atoms with Gasteiger partial charge in [0.05, 0.1) is 6.54 Å². The van der Waals surface area contributed by atoms with Gasteiger partial charge in [-0.25, -0.2) is 4.79 Å². The van der Waals surface area contributed by atoms with Crippen molar-refractivity contribution in [1.82, 2.24) is 15.5 Å². The molecule has 1 fully saturated rings. The summed E-state index contributed by atoms with van der Waals surface area (Å²) in [7, 11) is 0.